The standard InChI is InChI=1S/C51H37NS/c1-51(2)46-20-9-6-18-42(46)44-33-38(25-29-47(44)51)41-17-7-10-21-48(41)52(40-16-12-15-36(31-40)34-13-4-3-5-14-34)39-27-23-35(24-28-39)37-26-30-50-45(32-37)43-19-8-11-22-49(43)53-50/h3-33H,1-2H3. The monoisotopic (exact) mass is 695 g/mol. The summed E-state index contributed by atoms with van der Waals surface area (Å²) in [6, 6.07) is 69.1. The number of nitrogens with zero attached hydrogens (tertiary/aromatic N) is 1. The SMILES string of the molecule is CC1(C)c2ccccc2-c2cc(-c3ccccc3N(c3ccc(-c4ccc5sc6ccccc6c5c4)cc3)c3cccc(-c4ccccc4)c3)ccc21. The number of hydrogen-bond acceptors (Lipinski definition) is 2. The van der Waals surface area contributed by atoms with Gasteiger partial charge in [0.25, 0.3) is 0 Å². The summed E-state index contributed by atoms with van der Waals surface area (Å²) in [5.41, 5.74) is 16.0. The predicted molar refractivity (Wildman–Crippen MR) is 228 cm³/mol. The molecule has 2 heteroatoms. The van der Waals surface area contributed by atoms with E-state index >= 15 is 0 Å². The highest BCUT2D eigenvalue weighted by Crippen LogP contribution is 2.51. The topological polar surface area (TPSA) is 3.24 Å². The van der Waals surface area contributed by atoms with Crippen LogP contribution in [0.5, 0.6) is 0 Å². The zero-order valence-corrected chi connectivity index (χ0v) is 30.6. The van der Waals surface area contributed by atoms with Gasteiger partial charge in [-0.15, -0.1) is 11.3 Å². The molecule has 9 aromatic rings. The Labute approximate surface area is 315 Å². The van der Waals surface area contributed by atoms with E-state index in [1.54, 1.807) is 0 Å². The van der Waals surface area contributed by atoms with Crippen LogP contribution < -0.4 is 4.90 Å². The Morgan fingerprint density at radius 1 is 0.377 bits per heavy atom. The number of benzene rings is 8. The zero-order chi connectivity index (χ0) is 35.5. The van der Waals surface area contributed by atoms with Crippen LogP contribution in [0, 0.1) is 0 Å². The summed E-state index contributed by atoms with van der Waals surface area (Å²) in [5, 5.41) is 2.64. The van der Waals surface area contributed by atoms with Crippen LogP contribution in [0.2, 0.25) is 0 Å². The zero-order valence-electron chi connectivity index (χ0n) is 29.8. The average Bonchev–Trinajstić information content (AvgIpc) is 3.70. The Hall–Kier alpha value is -6.22. The van der Waals surface area contributed by atoms with E-state index in [0.717, 1.165) is 17.1 Å². The third-order valence-corrected chi connectivity index (χ3v) is 12.2. The Balaban J connectivity index is 1.11. The second-order valence-electron chi connectivity index (χ2n) is 14.6. The quantitative estimate of drug-likeness (QED) is 0.167. The number of hydrogen-bond donors (Lipinski definition) is 0. The van der Waals surface area contributed by atoms with Gasteiger partial charge >= 0.3 is 0 Å². The number of anilines is 3. The predicted octanol–water partition coefficient (Wildman–Crippen LogP) is 14.8. The van der Waals surface area contributed by atoms with E-state index in [-0.39, 0.29) is 5.41 Å². The van der Waals surface area contributed by atoms with Gasteiger partial charge in [-0.3, -0.25) is 0 Å². The molecule has 0 atom stereocenters. The molecular weight excluding hydrogens is 659 g/mol. The van der Waals surface area contributed by atoms with Crippen molar-refractivity contribution in [3.05, 3.63) is 199 Å². The van der Waals surface area contributed by atoms with Crippen molar-refractivity contribution in [2.75, 3.05) is 4.90 Å². The van der Waals surface area contributed by atoms with Crippen molar-refractivity contribution in [2.24, 2.45) is 0 Å². The lowest BCUT2D eigenvalue weighted by atomic mass is 9.82. The van der Waals surface area contributed by atoms with Gasteiger partial charge in [0, 0.05) is 42.5 Å². The van der Waals surface area contributed by atoms with Crippen molar-refractivity contribution in [1.29, 1.82) is 0 Å². The molecule has 0 amide bonds. The fourth-order valence-corrected chi connectivity index (χ4v) is 9.48. The fourth-order valence-electron chi connectivity index (χ4n) is 8.39. The van der Waals surface area contributed by atoms with Crippen molar-refractivity contribution >= 4 is 48.6 Å². The van der Waals surface area contributed by atoms with Crippen LogP contribution in [-0.4, -0.2) is 0 Å². The van der Waals surface area contributed by atoms with Crippen LogP contribution in [0.3, 0.4) is 0 Å². The summed E-state index contributed by atoms with van der Waals surface area (Å²) in [5.74, 6) is 0. The maximum atomic E-state index is 2.42. The first-order valence-corrected chi connectivity index (χ1v) is 19.2. The molecule has 252 valence electrons. The van der Waals surface area contributed by atoms with Crippen molar-refractivity contribution < 1.29 is 0 Å². The molecule has 53 heavy (non-hydrogen) atoms. The minimum absolute atomic E-state index is 0.0311. The van der Waals surface area contributed by atoms with E-state index in [2.05, 4.69) is 207 Å². The summed E-state index contributed by atoms with van der Waals surface area (Å²) in [6.07, 6.45) is 0. The first-order chi connectivity index (χ1) is 26.0. The largest absolute Gasteiger partial charge is 0.310 e. The van der Waals surface area contributed by atoms with E-state index in [0.29, 0.717) is 0 Å². The summed E-state index contributed by atoms with van der Waals surface area (Å²) in [7, 11) is 0. The molecule has 1 aliphatic rings. The summed E-state index contributed by atoms with van der Waals surface area (Å²) in [6.45, 7) is 4.69. The molecule has 8 aromatic carbocycles. The molecule has 1 aromatic heterocycles. The van der Waals surface area contributed by atoms with Crippen LogP contribution in [-0.2, 0) is 5.41 Å². The van der Waals surface area contributed by atoms with Gasteiger partial charge < -0.3 is 4.90 Å². The fraction of sp³-hybridized carbons (Fsp3) is 0.0588. The third kappa shape index (κ3) is 5.29. The van der Waals surface area contributed by atoms with Crippen LogP contribution in [0.25, 0.3) is 64.7 Å². The smallest absolute Gasteiger partial charge is 0.0540 e. The maximum Gasteiger partial charge on any atom is 0.0540 e. The van der Waals surface area contributed by atoms with Gasteiger partial charge in [-0.1, -0.05) is 147 Å². The molecule has 0 fully saturated rings. The summed E-state index contributed by atoms with van der Waals surface area (Å²) in [4.78, 5) is 2.42. The molecule has 0 radical (unpaired) electrons. The number of rotatable bonds is 6. The lowest BCUT2D eigenvalue weighted by Gasteiger charge is -2.29. The van der Waals surface area contributed by atoms with E-state index in [1.165, 1.54) is 75.8 Å². The lowest BCUT2D eigenvalue weighted by molar-refractivity contribution is 0.660. The minimum Gasteiger partial charge on any atom is -0.310 e. The molecule has 1 heterocycles. The van der Waals surface area contributed by atoms with Gasteiger partial charge in [0.2, 0.25) is 0 Å². The first kappa shape index (κ1) is 31.5. The Morgan fingerprint density at radius 3 is 1.87 bits per heavy atom. The molecule has 0 aliphatic heterocycles. The highest BCUT2D eigenvalue weighted by atomic mass is 32.1. The molecule has 0 N–H and O–H groups in total. The van der Waals surface area contributed by atoms with Crippen LogP contribution in [0.15, 0.2) is 188 Å². The van der Waals surface area contributed by atoms with Crippen LogP contribution in [0.1, 0.15) is 25.0 Å². The van der Waals surface area contributed by atoms with Gasteiger partial charge in [-0.25, -0.2) is 0 Å². The molecule has 1 nitrogen and oxygen atoms in total. The van der Waals surface area contributed by atoms with Gasteiger partial charge in [0.1, 0.15) is 0 Å². The number of para-hydroxylation sites is 1. The number of fused-ring (bicyclic) bond motifs is 6. The van der Waals surface area contributed by atoms with Crippen molar-refractivity contribution in [2.45, 2.75) is 19.3 Å². The molecule has 0 saturated heterocycles. The van der Waals surface area contributed by atoms with E-state index < -0.39 is 0 Å². The van der Waals surface area contributed by atoms with Crippen LogP contribution in [0.4, 0.5) is 17.1 Å². The molecule has 0 bridgehead atoms. The summed E-state index contributed by atoms with van der Waals surface area (Å²) < 4.78 is 2.66. The molecule has 0 saturated carbocycles. The van der Waals surface area contributed by atoms with E-state index in [9.17, 15) is 0 Å². The van der Waals surface area contributed by atoms with Gasteiger partial charge in [-0.2, -0.15) is 0 Å². The molecule has 0 spiro atoms. The van der Waals surface area contributed by atoms with Crippen molar-refractivity contribution in [1.82, 2.24) is 0 Å². The second-order valence-corrected chi connectivity index (χ2v) is 15.6. The average molecular weight is 696 g/mol. The second kappa shape index (κ2) is 12.5. The van der Waals surface area contributed by atoms with Gasteiger partial charge in [-0.05, 0) is 105 Å². The first-order valence-electron chi connectivity index (χ1n) is 18.3. The Morgan fingerprint density at radius 2 is 1.00 bits per heavy atom. The molecule has 10 rings (SSSR count). The van der Waals surface area contributed by atoms with Gasteiger partial charge in [0.05, 0.1) is 5.69 Å². The lowest BCUT2D eigenvalue weighted by Crippen LogP contribution is -2.14. The van der Waals surface area contributed by atoms with Gasteiger partial charge in [0.15, 0.2) is 0 Å². The van der Waals surface area contributed by atoms with E-state index in [4.69, 9.17) is 0 Å². The van der Waals surface area contributed by atoms with Crippen molar-refractivity contribution in [3.8, 4) is 44.5 Å². The van der Waals surface area contributed by atoms with Crippen molar-refractivity contribution in [3.63, 3.8) is 0 Å². The number of thiophene rings is 1. The molecule has 1 aliphatic carbocycles. The van der Waals surface area contributed by atoms with Crippen LogP contribution >= 0.6 is 11.3 Å². The highest BCUT2D eigenvalue weighted by molar-refractivity contribution is 7.25. The molecular formula is C51H37NS. The maximum absolute atomic E-state index is 2.42. The van der Waals surface area contributed by atoms with E-state index in [1.807, 2.05) is 11.3 Å². The summed E-state index contributed by atoms with van der Waals surface area (Å²) >= 11 is 1.86. The third-order valence-electron chi connectivity index (χ3n) is 11.1. The normalized spacial score (nSPS) is 12.9. The highest BCUT2D eigenvalue weighted by Gasteiger charge is 2.35. The Kier molecular flexibility index (Phi) is 7.42. The minimum atomic E-state index is -0.0311. The molecule has 0 unspecified atom stereocenters. The Bertz CT molecular complexity index is 2810.